The van der Waals surface area contributed by atoms with E-state index in [-0.39, 0.29) is 65.5 Å². The molecule has 0 fully saturated rings. The number of hydrogen-bond donors (Lipinski definition) is 1. The van der Waals surface area contributed by atoms with Gasteiger partial charge in [-0.15, -0.1) is 6.58 Å². The van der Waals surface area contributed by atoms with Crippen LogP contribution in [0.15, 0.2) is 12.7 Å². The number of unbranched alkanes of at least 4 members (excludes halogenated alkanes) is 5. The molecule has 0 bridgehead atoms. The van der Waals surface area contributed by atoms with E-state index in [0.29, 0.717) is 12.8 Å². The largest absolute Gasteiger partial charge is 1.00 e. The second kappa shape index (κ2) is 14.6. The summed E-state index contributed by atoms with van der Waals surface area (Å²) in [6.07, 6.45) is 4.73. The van der Waals surface area contributed by atoms with Gasteiger partial charge in [-0.05, 0) is 12.8 Å². The zero-order chi connectivity index (χ0) is 18.1. The van der Waals surface area contributed by atoms with Crippen LogP contribution in [0.4, 0.5) is 0 Å². The predicted molar refractivity (Wildman–Crippen MR) is 80.6 cm³/mol. The van der Waals surface area contributed by atoms with Gasteiger partial charge in [-0.2, -0.15) is 8.42 Å². The Morgan fingerprint density at radius 2 is 1.60 bits per heavy atom. The molecule has 0 aliphatic carbocycles. The van der Waals surface area contributed by atoms with Crippen molar-refractivity contribution in [3.8, 4) is 0 Å². The fourth-order valence-corrected chi connectivity index (χ4v) is 3.76. The molecule has 0 aliphatic rings. The van der Waals surface area contributed by atoms with Gasteiger partial charge >= 0.3 is 59.1 Å². The molecule has 0 aromatic rings. The molecular weight excluding hydrogens is 370 g/mol. The van der Waals surface area contributed by atoms with E-state index in [2.05, 4.69) is 6.58 Å². The van der Waals surface area contributed by atoms with Gasteiger partial charge in [0, 0.05) is 11.9 Å². The summed E-state index contributed by atoms with van der Waals surface area (Å²) >= 11 is 0. The molecule has 134 valence electrons. The molecule has 0 spiro atoms. The van der Waals surface area contributed by atoms with Gasteiger partial charge in [0.25, 0.3) is 10.1 Å². The molecule has 0 amide bonds. The van der Waals surface area contributed by atoms with E-state index in [9.17, 15) is 32.8 Å². The van der Waals surface area contributed by atoms with Gasteiger partial charge in [0.2, 0.25) is 0 Å². The van der Waals surface area contributed by atoms with Crippen molar-refractivity contribution >= 4 is 22.1 Å². The van der Waals surface area contributed by atoms with E-state index < -0.39 is 39.1 Å². The maximum atomic E-state index is 11.6. The van der Waals surface area contributed by atoms with E-state index >= 15 is 0 Å². The fourth-order valence-electron chi connectivity index (χ4n) is 2.64. The van der Waals surface area contributed by atoms with Crippen LogP contribution in [-0.2, 0) is 19.7 Å². The zero-order valence-corrected chi connectivity index (χ0v) is 20.1. The van der Waals surface area contributed by atoms with E-state index in [1.165, 1.54) is 0 Å². The van der Waals surface area contributed by atoms with Gasteiger partial charge in [-0.1, -0.05) is 51.5 Å². The third-order valence-corrected chi connectivity index (χ3v) is 5.49. The molecular formula is C15H24Na2O7S. The standard InChI is InChI=1S/C15H26O7S.2Na/c1-3-5-6-7-8-9-10-12(13(16)17)15(11-4-2,14(18)19)23(20,21)22;;/h4,12H,2-3,5-11H2,1H3,(H,16,17)(H,18,19)(H,20,21,22);;/q;2*+1/p-2. The molecule has 7 nitrogen and oxygen atoms in total. The van der Waals surface area contributed by atoms with Gasteiger partial charge in [0.1, 0.15) is 4.75 Å². The summed E-state index contributed by atoms with van der Waals surface area (Å²) in [5.74, 6) is -5.92. The normalized spacial score (nSPS) is 14.3. The number of carboxylic acid groups (broad SMARTS) is 2. The van der Waals surface area contributed by atoms with E-state index in [1.54, 1.807) is 0 Å². The fraction of sp³-hybridized carbons (Fsp3) is 0.733. The third-order valence-electron chi connectivity index (χ3n) is 3.95. The van der Waals surface area contributed by atoms with Crippen molar-refractivity contribution < 1.29 is 91.9 Å². The van der Waals surface area contributed by atoms with Crippen molar-refractivity contribution in [3.63, 3.8) is 0 Å². The Kier molecular flexibility index (Phi) is 17.7. The van der Waals surface area contributed by atoms with Crippen LogP contribution >= 0.6 is 0 Å². The Morgan fingerprint density at radius 3 is 1.96 bits per heavy atom. The first-order valence-electron chi connectivity index (χ1n) is 7.65. The number of hydrogen-bond acceptors (Lipinski definition) is 6. The summed E-state index contributed by atoms with van der Waals surface area (Å²) < 4.78 is 29.6. The minimum atomic E-state index is -5.24. The summed E-state index contributed by atoms with van der Waals surface area (Å²) in [5.41, 5.74) is 0. The summed E-state index contributed by atoms with van der Waals surface area (Å²) in [4.78, 5) is 22.7. The second-order valence-electron chi connectivity index (χ2n) is 5.57. The SMILES string of the molecule is C=CCC(C(=O)[O-])(C(CCCCCCCC)C(=O)[O-])S(=O)(=O)O.[Na+].[Na+]. The van der Waals surface area contributed by atoms with Crippen LogP contribution in [0.1, 0.15) is 58.3 Å². The molecule has 2 atom stereocenters. The van der Waals surface area contributed by atoms with Crippen LogP contribution in [0.25, 0.3) is 0 Å². The van der Waals surface area contributed by atoms with Crippen molar-refractivity contribution in [1.82, 2.24) is 0 Å². The Labute approximate surface area is 194 Å². The first-order chi connectivity index (χ1) is 10.6. The maximum absolute atomic E-state index is 11.6. The first kappa shape index (κ1) is 30.3. The number of aliphatic carboxylic acids is 2. The number of carbonyl (C=O) groups is 2. The number of carboxylic acids is 2. The number of carbonyl (C=O) groups excluding carboxylic acids is 2. The molecule has 0 aliphatic heterocycles. The molecule has 2 unspecified atom stereocenters. The Morgan fingerprint density at radius 1 is 1.12 bits per heavy atom. The van der Waals surface area contributed by atoms with Crippen LogP contribution < -0.4 is 69.3 Å². The van der Waals surface area contributed by atoms with Gasteiger partial charge in [-0.25, -0.2) is 0 Å². The molecule has 0 radical (unpaired) electrons. The van der Waals surface area contributed by atoms with Crippen LogP contribution in [0.2, 0.25) is 0 Å². The average Bonchev–Trinajstić information content (AvgIpc) is 2.42. The van der Waals surface area contributed by atoms with E-state index in [1.807, 2.05) is 6.92 Å². The predicted octanol–water partition coefficient (Wildman–Crippen LogP) is -5.94. The van der Waals surface area contributed by atoms with Crippen molar-refractivity contribution in [3.05, 3.63) is 12.7 Å². The molecule has 25 heavy (non-hydrogen) atoms. The quantitative estimate of drug-likeness (QED) is 0.142. The van der Waals surface area contributed by atoms with Crippen molar-refractivity contribution in [2.24, 2.45) is 5.92 Å². The minimum absolute atomic E-state index is 0. The first-order valence-corrected chi connectivity index (χ1v) is 9.09. The Hall–Kier alpha value is 0.590. The summed E-state index contributed by atoms with van der Waals surface area (Å²) in [6.45, 7) is 5.28. The van der Waals surface area contributed by atoms with E-state index in [0.717, 1.165) is 31.8 Å². The topological polar surface area (TPSA) is 135 Å². The zero-order valence-electron chi connectivity index (χ0n) is 15.3. The Balaban J connectivity index is -0.00000242. The van der Waals surface area contributed by atoms with Gasteiger partial charge < -0.3 is 19.8 Å². The van der Waals surface area contributed by atoms with Crippen LogP contribution in [0.5, 0.6) is 0 Å². The van der Waals surface area contributed by atoms with Gasteiger partial charge in [0.15, 0.2) is 0 Å². The number of rotatable bonds is 13. The summed E-state index contributed by atoms with van der Waals surface area (Å²) in [7, 11) is -5.24. The molecule has 10 heteroatoms. The molecule has 0 saturated heterocycles. The molecule has 0 heterocycles. The smallest absolute Gasteiger partial charge is 0.550 e. The van der Waals surface area contributed by atoms with E-state index in [4.69, 9.17) is 0 Å². The van der Waals surface area contributed by atoms with Crippen LogP contribution in [0.3, 0.4) is 0 Å². The van der Waals surface area contributed by atoms with Gasteiger partial charge in [0.05, 0.1) is 5.97 Å². The van der Waals surface area contributed by atoms with Crippen molar-refractivity contribution in [2.75, 3.05) is 0 Å². The van der Waals surface area contributed by atoms with Crippen molar-refractivity contribution in [1.29, 1.82) is 0 Å². The van der Waals surface area contributed by atoms with Crippen LogP contribution in [-0.4, -0.2) is 29.7 Å². The maximum Gasteiger partial charge on any atom is 1.00 e. The minimum Gasteiger partial charge on any atom is -0.550 e. The van der Waals surface area contributed by atoms with Crippen molar-refractivity contribution in [2.45, 2.75) is 63.0 Å². The van der Waals surface area contributed by atoms with Gasteiger partial charge in [-0.3, -0.25) is 4.55 Å². The molecule has 0 saturated carbocycles. The van der Waals surface area contributed by atoms with Crippen LogP contribution in [0, 0.1) is 5.92 Å². The third kappa shape index (κ3) is 8.88. The summed E-state index contributed by atoms with van der Waals surface area (Å²) in [5, 5.41) is 22.7. The molecule has 0 aromatic carbocycles. The molecule has 0 rings (SSSR count). The number of allylic oxidation sites excluding steroid dienone is 1. The Bertz CT molecular complexity index is 522. The molecule has 0 aromatic heterocycles. The average molecular weight is 394 g/mol. The monoisotopic (exact) mass is 394 g/mol. The summed E-state index contributed by atoms with van der Waals surface area (Å²) in [6, 6.07) is 0. The molecule has 1 N–H and O–H groups in total. The second-order valence-corrected chi connectivity index (χ2v) is 7.25.